The molecule has 214 valence electrons. The van der Waals surface area contributed by atoms with Crippen LogP contribution in [0.2, 0.25) is 0 Å². The lowest BCUT2D eigenvalue weighted by Crippen LogP contribution is -2.48. The molecule has 5 rings (SSSR count). The van der Waals surface area contributed by atoms with Crippen molar-refractivity contribution < 1.29 is 23.9 Å². The van der Waals surface area contributed by atoms with Crippen molar-refractivity contribution in [2.75, 3.05) is 11.4 Å². The van der Waals surface area contributed by atoms with Crippen LogP contribution in [0.5, 0.6) is 0 Å². The van der Waals surface area contributed by atoms with Crippen LogP contribution >= 0.6 is 0 Å². The topological polar surface area (TPSA) is 104 Å². The van der Waals surface area contributed by atoms with Gasteiger partial charge in [0.2, 0.25) is 5.91 Å². The first kappa shape index (κ1) is 28.5. The molecule has 7 nitrogen and oxygen atoms in total. The van der Waals surface area contributed by atoms with E-state index in [4.69, 9.17) is 5.73 Å². The van der Waals surface area contributed by atoms with Gasteiger partial charge in [0, 0.05) is 12.2 Å². The Morgan fingerprint density at radius 3 is 2.29 bits per heavy atom. The molecule has 4 aromatic rings. The van der Waals surface area contributed by atoms with Gasteiger partial charge in [0.25, 0.3) is 0 Å². The number of anilines is 1. The monoisotopic (exact) mass is 565 g/mol. The van der Waals surface area contributed by atoms with Crippen molar-refractivity contribution in [2.45, 2.75) is 31.8 Å². The number of carboxylic acids is 1. The van der Waals surface area contributed by atoms with Crippen LogP contribution in [0, 0.1) is 11.7 Å². The molecule has 1 aliphatic rings. The number of amides is 3. The smallest absolute Gasteiger partial charge is 0.335 e. The quantitative estimate of drug-likeness (QED) is 0.260. The minimum absolute atomic E-state index is 0.0292. The maximum atomic E-state index is 14.3. The Balaban J connectivity index is 1.55. The number of nitrogens with two attached hydrogens (primary N) is 1. The molecule has 3 N–H and O–H groups in total. The highest BCUT2D eigenvalue weighted by molar-refractivity contribution is 5.98. The summed E-state index contributed by atoms with van der Waals surface area (Å²) in [5.41, 5.74) is 10.0. The molecule has 0 spiro atoms. The van der Waals surface area contributed by atoms with Crippen LogP contribution < -0.4 is 10.6 Å². The summed E-state index contributed by atoms with van der Waals surface area (Å²) >= 11 is 0. The van der Waals surface area contributed by atoms with Gasteiger partial charge in [-0.1, -0.05) is 72.8 Å². The maximum absolute atomic E-state index is 14.3. The zero-order chi connectivity index (χ0) is 29.6. The Morgan fingerprint density at radius 1 is 0.857 bits per heavy atom. The molecule has 0 heterocycles. The van der Waals surface area contributed by atoms with Crippen molar-refractivity contribution in [1.29, 1.82) is 0 Å². The molecule has 42 heavy (non-hydrogen) atoms. The Bertz CT molecular complexity index is 1580. The number of carbonyl (C=O) groups is 3. The molecule has 0 radical (unpaired) electrons. The third-order valence-corrected chi connectivity index (χ3v) is 7.83. The van der Waals surface area contributed by atoms with E-state index in [1.165, 1.54) is 30.3 Å². The van der Waals surface area contributed by atoms with Crippen LogP contribution in [0.25, 0.3) is 0 Å². The first-order chi connectivity index (χ1) is 20.3. The number of primary amides is 1. The standard InChI is InChI=1S/C34H32FN3O4/c35-28-17-13-24(14-18-28)21-38(31(39)22-37(34(36)42)29-11-6-10-27(20-29)33(40)41)32-26(19-23-7-2-1-3-8-23)16-15-25-9-4-5-12-30(25)32/h1-14,17-18,20,26,32H,15-16,19,21-22H2,(H2,36,42)(H,40,41). The third-order valence-electron chi connectivity index (χ3n) is 7.83. The zero-order valence-corrected chi connectivity index (χ0v) is 23.0. The van der Waals surface area contributed by atoms with Crippen LogP contribution in [-0.4, -0.2) is 34.5 Å². The molecule has 2 atom stereocenters. The maximum Gasteiger partial charge on any atom is 0.335 e. The second-order valence-electron chi connectivity index (χ2n) is 10.6. The van der Waals surface area contributed by atoms with Crippen molar-refractivity contribution in [1.82, 2.24) is 4.90 Å². The highest BCUT2D eigenvalue weighted by atomic mass is 19.1. The van der Waals surface area contributed by atoms with Gasteiger partial charge in [-0.3, -0.25) is 9.69 Å². The number of hydrogen-bond acceptors (Lipinski definition) is 3. The molecule has 0 aliphatic heterocycles. The molecule has 0 saturated heterocycles. The van der Waals surface area contributed by atoms with E-state index in [0.717, 1.165) is 46.4 Å². The number of carboxylic acid groups (broad SMARTS) is 1. The van der Waals surface area contributed by atoms with Crippen LogP contribution in [0.1, 0.15) is 45.1 Å². The van der Waals surface area contributed by atoms with Gasteiger partial charge in [0.1, 0.15) is 12.4 Å². The van der Waals surface area contributed by atoms with E-state index in [0.29, 0.717) is 0 Å². The fourth-order valence-electron chi connectivity index (χ4n) is 5.81. The van der Waals surface area contributed by atoms with Crippen LogP contribution in [0.3, 0.4) is 0 Å². The van der Waals surface area contributed by atoms with Gasteiger partial charge in [-0.05, 0) is 77.8 Å². The van der Waals surface area contributed by atoms with E-state index in [1.807, 2.05) is 36.4 Å². The molecule has 2 unspecified atom stereocenters. The zero-order valence-electron chi connectivity index (χ0n) is 23.0. The summed E-state index contributed by atoms with van der Waals surface area (Å²) in [4.78, 5) is 41.3. The van der Waals surface area contributed by atoms with E-state index < -0.39 is 18.5 Å². The summed E-state index contributed by atoms with van der Waals surface area (Å²) < 4.78 is 13.8. The second kappa shape index (κ2) is 12.7. The van der Waals surface area contributed by atoms with Crippen molar-refractivity contribution in [2.24, 2.45) is 11.7 Å². The summed E-state index contributed by atoms with van der Waals surface area (Å²) in [7, 11) is 0. The molecule has 0 aromatic heterocycles. The number of aromatic carboxylic acids is 1. The lowest BCUT2D eigenvalue weighted by molar-refractivity contribution is -0.134. The lowest BCUT2D eigenvalue weighted by atomic mass is 9.76. The summed E-state index contributed by atoms with van der Waals surface area (Å²) in [6.45, 7) is -0.207. The number of halogens is 1. The van der Waals surface area contributed by atoms with Crippen molar-refractivity contribution in [3.8, 4) is 0 Å². The molecular weight excluding hydrogens is 533 g/mol. The van der Waals surface area contributed by atoms with Gasteiger partial charge < -0.3 is 15.7 Å². The average molecular weight is 566 g/mol. The van der Waals surface area contributed by atoms with Crippen LogP contribution in [-0.2, 0) is 24.2 Å². The van der Waals surface area contributed by atoms with Crippen molar-refractivity contribution >= 4 is 23.6 Å². The summed E-state index contributed by atoms with van der Waals surface area (Å²) in [5.74, 6) is -1.82. The molecule has 3 amide bonds. The fraction of sp³-hybridized carbons (Fsp3) is 0.206. The first-order valence-corrected chi connectivity index (χ1v) is 13.9. The van der Waals surface area contributed by atoms with Gasteiger partial charge in [0.05, 0.1) is 11.6 Å². The van der Waals surface area contributed by atoms with Crippen molar-refractivity contribution in [3.05, 3.63) is 137 Å². The minimum atomic E-state index is -1.16. The number of benzene rings is 4. The van der Waals surface area contributed by atoms with E-state index in [2.05, 4.69) is 18.2 Å². The summed E-state index contributed by atoms with van der Waals surface area (Å²) in [5, 5.41) is 9.46. The van der Waals surface area contributed by atoms with Gasteiger partial charge in [-0.25, -0.2) is 14.0 Å². The summed E-state index contributed by atoms with van der Waals surface area (Å²) in [6.07, 6.45) is 2.47. The van der Waals surface area contributed by atoms with E-state index in [9.17, 15) is 23.9 Å². The minimum Gasteiger partial charge on any atom is -0.478 e. The average Bonchev–Trinajstić information content (AvgIpc) is 3.00. The third kappa shape index (κ3) is 6.49. The number of rotatable bonds is 9. The fourth-order valence-corrected chi connectivity index (χ4v) is 5.81. The van der Waals surface area contributed by atoms with Crippen LogP contribution in [0.15, 0.2) is 103 Å². The largest absolute Gasteiger partial charge is 0.478 e. The SMILES string of the molecule is NC(=O)N(CC(=O)N(Cc1ccc(F)cc1)C1c2ccccc2CCC1Cc1ccccc1)c1cccc(C(=O)O)c1. The second-order valence-corrected chi connectivity index (χ2v) is 10.6. The number of urea groups is 1. The van der Waals surface area contributed by atoms with Gasteiger partial charge in [-0.2, -0.15) is 0 Å². The molecule has 1 aliphatic carbocycles. The number of nitrogens with zero attached hydrogens (tertiary/aromatic N) is 2. The Kier molecular flexibility index (Phi) is 8.62. The molecule has 0 saturated carbocycles. The Morgan fingerprint density at radius 2 is 1.57 bits per heavy atom. The Hall–Kier alpha value is -4.98. The summed E-state index contributed by atoms with van der Waals surface area (Å²) in [6, 6.07) is 28.8. The normalized spacial score (nSPS) is 15.8. The molecule has 4 aromatic carbocycles. The molecular formula is C34H32FN3O4. The van der Waals surface area contributed by atoms with Gasteiger partial charge >= 0.3 is 12.0 Å². The van der Waals surface area contributed by atoms with E-state index in [1.54, 1.807) is 23.1 Å². The molecule has 8 heteroatoms. The van der Waals surface area contributed by atoms with Gasteiger partial charge in [-0.15, -0.1) is 0 Å². The number of aryl methyl sites for hydroxylation is 1. The lowest BCUT2D eigenvalue weighted by Gasteiger charge is -2.42. The van der Waals surface area contributed by atoms with Crippen molar-refractivity contribution in [3.63, 3.8) is 0 Å². The molecule has 0 bridgehead atoms. The number of hydrogen-bond donors (Lipinski definition) is 2. The number of fused-ring (bicyclic) bond motifs is 1. The van der Waals surface area contributed by atoms with Crippen LogP contribution in [0.4, 0.5) is 14.9 Å². The van der Waals surface area contributed by atoms with E-state index >= 15 is 0 Å². The first-order valence-electron chi connectivity index (χ1n) is 13.9. The molecule has 0 fully saturated rings. The van der Waals surface area contributed by atoms with E-state index in [-0.39, 0.29) is 41.5 Å². The predicted octanol–water partition coefficient (Wildman–Crippen LogP) is 5.98. The van der Waals surface area contributed by atoms with Gasteiger partial charge in [0.15, 0.2) is 0 Å². The highest BCUT2D eigenvalue weighted by Gasteiger charge is 2.37. The predicted molar refractivity (Wildman–Crippen MR) is 158 cm³/mol. The highest BCUT2D eigenvalue weighted by Crippen LogP contribution is 2.41. The number of carbonyl (C=O) groups excluding carboxylic acids is 2. The Labute approximate surface area is 244 Å².